The number of carbonyl (C=O) groups is 1. The van der Waals surface area contributed by atoms with Gasteiger partial charge in [0.15, 0.2) is 17.3 Å². The highest BCUT2D eigenvalue weighted by Gasteiger charge is 2.21. The summed E-state index contributed by atoms with van der Waals surface area (Å²) in [6.45, 7) is 1.05. The maximum atomic E-state index is 12.4. The molecule has 0 spiro atoms. The number of hydrogen-bond acceptors (Lipinski definition) is 6. The van der Waals surface area contributed by atoms with E-state index in [1.54, 1.807) is 24.4 Å². The molecule has 7 nitrogen and oxygen atoms in total. The molecule has 0 radical (unpaired) electrons. The molecule has 27 heavy (non-hydrogen) atoms. The van der Waals surface area contributed by atoms with Crippen molar-refractivity contribution in [3.63, 3.8) is 0 Å². The molecule has 2 aromatic carbocycles. The second-order valence-electron chi connectivity index (χ2n) is 6.31. The van der Waals surface area contributed by atoms with Gasteiger partial charge in [-0.25, -0.2) is 9.97 Å². The Morgan fingerprint density at radius 1 is 1.04 bits per heavy atom. The van der Waals surface area contributed by atoms with E-state index in [0.29, 0.717) is 17.2 Å². The third-order valence-electron chi connectivity index (χ3n) is 4.66. The first-order valence-electron chi connectivity index (χ1n) is 8.66. The summed E-state index contributed by atoms with van der Waals surface area (Å²) in [7, 11) is 0. The average Bonchev–Trinajstić information content (AvgIpc) is 3.34. The predicted octanol–water partition coefficient (Wildman–Crippen LogP) is 3.15. The van der Waals surface area contributed by atoms with Crippen LogP contribution in [0.4, 0.5) is 17.2 Å². The average molecular weight is 360 g/mol. The zero-order chi connectivity index (χ0) is 18.2. The predicted molar refractivity (Wildman–Crippen MR) is 99.7 cm³/mol. The maximum Gasteiger partial charge on any atom is 0.275 e. The number of anilines is 3. The Morgan fingerprint density at radius 2 is 1.93 bits per heavy atom. The smallest absolute Gasteiger partial charge is 0.275 e. The van der Waals surface area contributed by atoms with Crippen LogP contribution in [-0.4, -0.2) is 29.2 Å². The number of aromatic nitrogens is 2. The number of carbonyl (C=O) groups excluding carboxylic acids is 1. The number of amides is 1. The summed E-state index contributed by atoms with van der Waals surface area (Å²) >= 11 is 0. The highest BCUT2D eigenvalue weighted by atomic mass is 16.7. The van der Waals surface area contributed by atoms with E-state index in [2.05, 4.69) is 32.3 Å². The lowest BCUT2D eigenvalue weighted by Crippen LogP contribution is -2.18. The van der Waals surface area contributed by atoms with Gasteiger partial charge in [-0.3, -0.25) is 4.79 Å². The van der Waals surface area contributed by atoms with Crippen molar-refractivity contribution in [3.05, 3.63) is 66.1 Å². The van der Waals surface area contributed by atoms with Gasteiger partial charge in [0.25, 0.3) is 5.91 Å². The number of ether oxygens (including phenoxy) is 2. The lowest BCUT2D eigenvalue weighted by atomic mass is 10.2. The minimum absolute atomic E-state index is 0.194. The number of fused-ring (bicyclic) bond motifs is 2. The summed E-state index contributed by atoms with van der Waals surface area (Å²) in [6.07, 6.45) is 4.11. The Labute approximate surface area is 155 Å². The van der Waals surface area contributed by atoms with Crippen molar-refractivity contribution in [1.29, 1.82) is 0 Å². The summed E-state index contributed by atoms with van der Waals surface area (Å²) in [5.41, 5.74) is 3.31. The van der Waals surface area contributed by atoms with Crippen LogP contribution < -0.4 is 19.7 Å². The molecule has 1 N–H and O–H groups in total. The highest BCUT2D eigenvalue weighted by molar-refractivity contribution is 6.02. The Balaban J connectivity index is 1.32. The second-order valence-corrected chi connectivity index (χ2v) is 6.31. The minimum Gasteiger partial charge on any atom is -0.454 e. The zero-order valence-corrected chi connectivity index (χ0v) is 14.4. The first-order valence-corrected chi connectivity index (χ1v) is 8.66. The molecule has 0 saturated heterocycles. The summed E-state index contributed by atoms with van der Waals surface area (Å²) in [4.78, 5) is 23.3. The van der Waals surface area contributed by atoms with Gasteiger partial charge in [0.05, 0.1) is 12.4 Å². The lowest BCUT2D eigenvalue weighted by molar-refractivity contribution is 0.102. The molecule has 1 amide bonds. The van der Waals surface area contributed by atoms with Gasteiger partial charge in [-0.1, -0.05) is 18.2 Å². The van der Waals surface area contributed by atoms with Crippen molar-refractivity contribution in [2.45, 2.75) is 6.42 Å². The van der Waals surface area contributed by atoms with Gasteiger partial charge in [0.2, 0.25) is 6.79 Å². The molecular formula is C20H16N4O3. The fourth-order valence-corrected chi connectivity index (χ4v) is 3.32. The van der Waals surface area contributed by atoms with Crippen LogP contribution in [0, 0.1) is 0 Å². The van der Waals surface area contributed by atoms with E-state index >= 15 is 0 Å². The molecule has 134 valence electrons. The lowest BCUT2D eigenvalue weighted by Gasteiger charge is -2.17. The van der Waals surface area contributed by atoms with Crippen molar-refractivity contribution in [1.82, 2.24) is 9.97 Å². The molecule has 7 heteroatoms. The normalized spacial score (nSPS) is 14.1. The second kappa shape index (κ2) is 6.28. The Morgan fingerprint density at radius 3 is 2.81 bits per heavy atom. The van der Waals surface area contributed by atoms with E-state index in [-0.39, 0.29) is 18.4 Å². The van der Waals surface area contributed by atoms with Crippen LogP contribution in [0.15, 0.2) is 54.9 Å². The quantitative estimate of drug-likeness (QED) is 0.773. The van der Waals surface area contributed by atoms with Crippen molar-refractivity contribution < 1.29 is 14.3 Å². The van der Waals surface area contributed by atoms with Gasteiger partial charge >= 0.3 is 0 Å². The van der Waals surface area contributed by atoms with Gasteiger partial charge in [0.1, 0.15) is 5.69 Å². The summed E-state index contributed by atoms with van der Waals surface area (Å²) in [5, 5.41) is 2.80. The third kappa shape index (κ3) is 2.83. The molecule has 0 unspecified atom stereocenters. The fraction of sp³-hybridized carbons (Fsp3) is 0.150. The largest absolute Gasteiger partial charge is 0.454 e. The summed E-state index contributed by atoms with van der Waals surface area (Å²) < 4.78 is 10.6. The minimum atomic E-state index is -0.324. The van der Waals surface area contributed by atoms with Gasteiger partial charge in [0, 0.05) is 24.0 Å². The standard InChI is InChI=1S/C20H16N4O3/c25-20(23-14-5-6-17-18(9-14)27-12-26-17)15-10-22-19(11-21-15)24-8-7-13-3-1-2-4-16(13)24/h1-6,9-11H,7-8,12H2,(H,23,25). The fourth-order valence-electron chi connectivity index (χ4n) is 3.32. The van der Waals surface area contributed by atoms with Gasteiger partial charge in [-0.15, -0.1) is 0 Å². The van der Waals surface area contributed by atoms with Crippen LogP contribution in [0.5, 0.6) is 11.5 Å². The molecule has 3 aromatic rings. The molecule has 2 aliphatic heterocycles. The number of nitrogens with one attached hydrogen (secondary N) is 1. The molecule has 0 saturated carbocycles. The zero-order valence-electron chi connectivity index (χ0n) is 14.4. The monoisotopic (exact) mass is 360 g/mol. The van der Waals surface area contributed by atoms with Crippen LogP contribution in [0.25, 0.3) is 0 Å². The van der Waals surface area contributed by atoms with Crippen LogP contribution >= 0.6 is 0 Å². The molecule has 5 rings (SSSR count). The van der Waals surface area contributed by atoms with Crippen LogP contribution in [-0.2, 0) is 6.42 Å². The van der Waals surface area contributed by atoms with E-state index in [0.717, 1.165) is 24.5 Å². The first-order chi connectivity index (χ1) is 13.3. The van der Waals surface area contributed by atoms with Crippen LogP contribution in [0.3, 0.4) is 0 Å². The molecule has 2 aliphatic rings. The van der Waals surface area contributed by atoms with E-state index in [1.165, 1.54) is 11.8 Å². The Kier molecular flexibility index (Phi) is 3.64. The van der Waals surface area contributed by atoms with Crippen LogP contribution in [0.1, 0.15) is 16.1 Å². The Hall–Kier alpha value is -3.61. The molecule has 0 bridgehead atoms. The molecule has 1 aromatic heterocycles. The number of nitrogens with zero attached hydrogens (tertiary/aromatic N) is 3. The third-order valence-corrected chi connectivity index (χ3v) is 4.66. The molecular weight excluding hydrogens is 344 g/mol. The highest BCUT2D eigenvalue weighted by Crippen LogP contribution is 2.34. The maximum absolute atomic E-state index is 12.4. The molecule has 3 heterocycles. The van der Waals surface area contributed by atoms with Crippen molar-refractivity contribution in [2.24, 2.45) is 0 Å². The van der Waals surface area contributed by atoms with Gasteiger partial charge < -0.3 is 19.7 Å². The van der Waals surface area contributed by atoms with E-state index in [1.807, 2.05) is 12.1 Å². The molecule has 0 atom stereocenters. The van der Waals surface area contributed by atoms with Crippen molar-refractivity contribution in [3.8, 4) is 11.5 Å². The van der Waals surface area contributed by atoms with Crippen molar-refractivity contribution >= 4 is 23.1 Å². The Bertz CT molecular complexity index is 1020. The number of rotatable bonds is 3. The van der Waals surface area contributed by atoms with E-state index in [4.69, 9.17) is 9.47 Å². The van der Waals surface area contributed by atoms with E-state index < -0.39 is 0 Å². The van der Waals surface area contributed by atoms with Gasteiger partial charge in [-0.05, 0) is 30.2 Å². The number of hydrogen-bond donors (Lipinski definition) is 1. The summed E-state index contributed by atoms with van der Waals surface area (Å²) in [5.74, 6) is 1.69. The van der Waals surface area contributed by atoms with Gasteiger partial charge in [-0.2, -0.15) is 0 Å². The number of benzene rings is 2. The SMILES string of the molecule is O=C(Nc1ccc2c(c1)OCO2)c1cnc(N2CCc3ccccc32)cn1. The van der Waals surface area contributed by atoms with E-state index in [9.17, 15) is 4.79 Å². The number of para-hydroxylation sites is 1. The summed E-state index contributed by atoms with van der Waals surface area (Å²) in [6, 6.07) is 13.5. The first kappa shape index (κ1) is 15.6. The van der Waals surface area contributed by atoms with Crippen molar-refractivity contribution in [2.75, 3.05) is 23.6 Å². The topological polar surface area (TPSA) is 76.6 Å². The molecule has 0 fully saturated rings. The van der Waals surface area contributed by atoms with Crippen LogP contribution in [0.2, 0.25) is 0 Å². The molecule has 0 aliphatic carbocycles.